The lowest BCUT2D eigenvalue weighted by Crippen LogP contribution is -2.33. The van der Waals surface area contributed by atoms with E-state index in [9.17, 15) is 0 Å². The van der Waals surface area contributed by atoms with Crippen LogP contribution >= 0.6 is 0 Å². The second kappa shape index (κ2) is 7.53. The second-order valence-electron chi connectivity index (χ2n) is 3.23. The van der Waals surface area contributed by atoms with Crippen molar-refractivity contribution in [1.29, 1.82) is 0 Å². The molecule has 0 fully saturated rings. The molecule has 0 aromatic carbocycles. The van der Waals surface area contributed by atoms with Crippen molar-refractivity contribution in [3.63, 3.8) is 0 Å². The molecule has 0 aromatic rings. The summed E-state index contributed by atoms with van der Waals surface area (Å²) in [6.45, 7) is 8.59. The SMILES string of the molecule is COCC(C)NCCOC(C)C. The number of hydrogen-bond donors (Lipinski definition) is 1. The lowest BCUT2D eigenvalue weighted by Gasteiger charge is -2.13. The molecular weight excluding hydrogens is 154 g/mol. The van der Waals surface area contributed by atoms with Gasteiger partial charge in [-0.3, -0.25) is 0 Å². The van der Waals surface area contributed by atoms with Crippen LogP contribution in [0, 0.1) is 0 Å². The number of ether oxygens (including phenoxy) is 2. The second-order valence-corrected chi connectivity index (χ2v) is 3.23. The lowest BCUT2D eigenvalue weighted by molar-refractivity contribution is 0.0768. The minimum absolute atomic E-state index is 0.324. The van der Waals surface area contributed by atoms with Gasteiger partial charge in [0.05, 0.1) is 19.3 Å². The van der Waals surface area contributed by atoms with Crippen molar-refractivity contribution in [2.45, 2.75) is 32.9 Å². The van der Waals surface area contributed by atoms with Crippen LogP contribution < -0.4 is 5.32 Å². The number of methoxy groups -OCH3 is 1. The fourth-order valence-corrected chi connectivity index (χ4v) is 0.909. The molecule has 12 heavy (non-hydrogen) atoms. The van der Waals surface area contributed by atoms with Gasteiger partial charge >= 0.3 is 0 Å². The lowest BCUT2D eigenvalue weighted by atomic mass is 10.3. The minimum atomic E-state index is 0.324. The van der Waals surface area contributed by atoms with Gasteiger partial charge in [0.2, 0.25) is 0 Å². The van der Waals surface area contributed by atoms with E-state index in [2.05, 4.69) is 12.2 Å². The van der Waals surface area contributed by atoms with Gasteiger partial charge in [-0.25, -0.2) is 0 Å². The molecule has 0 saturated heterocycles. The van der Waals surface area contributed by atoms with Gasteiger partial charge in [-0.15, -0.1) is 0 Å². The molecule has 0 amide bonds. The number of rotatable bonds is 7. The van der Waals surface area contributed by atoms with Crippen LogP contribution in [-0.2, 0) is 9.47 Å². The Hall–Kier alpha value is -0.120. The molecule has 3 heteroatoms. The zero-order valence-electron chi connectivity index (χ0n) is 8.59. The van der Waals surface area contributed by atoms with Gasteiger partial charge in [0, 0.05) is 19.7 Å². The topological polar surface area (TPSA) is 30.5 Å². The van der Waals surface area contributed by atoms with Crippen LogP contribution in [0.15, 0.2) is 0 Å². The van der Waals surface area contributed by atoms with Crippen molar-refractivity contribution < 1.29 is 9.47 Å². The summed E-state index contributed by atoms with van der Waals surface area (Å²) in [5.41, 5.74) is 0. The molecule has 0 heterocycles. The molecule has 0 bridgehead atoms. The maximum atomic E-state index is 5.37. The molecule has 0 aliphatic carbocycles. The van der Waals surface area contributed by atoms with E-state index < -0.39 is 0 Å². The molecule has 0 radical (unpaired) electrons. The van der Waals surface area contributed by atoms with Crippen LogP contribution in [0.3, 0.4) is 0 Å². The van der Waals surface area contributed by atoms with Gasteiger partial charge < -0.3 is 14.8 Å². The van der Waals surface area contributed by atoms with E-state index in [-0.39, 0.29) is 0 Å². The predicted octanol–water partition coefficient (Wildman–Crippen LogP) is 1.04. The van der Waals surface area contributed by atoms with Crippen molar-refractivity contribution in [3.8, 4) is 0 Å². The molecule has 1 atom stereocenters. The standard InChI is InChI=1S/C9H21NO2/c1-8(2)12-6-5-10-9(3)7-11-4/h8-10H,5-7H2,1-4H3. The molecule has 74 valence electrons. The summed E-state index contributed by atoms with van der Waals surface area (Å²) >= 11 is 0. The van der Waals surface area contributed by atoms with Crippen LogP contribution in [0.25, 0.3) is 0 Å². The fourth-order valence-electron chi connectivity index (χ4n) is 0.909. The van der Waals surface area contributed by atoms with Crippen molar-refractivity contribution in [2.24, 2.45) is 0 Å². The number of hydrogen-bond acceptors (Lipinski definition) is 3. The van der Waals surface area contributed by atoms with Crippen LogP contribution in [0.1, 0.15) is 20.8 Å². The molecule has 1 unspecified atom stereocenters. The summed E-state index contributed by atoms with van der Waals surface area (Å²) in [6.07, 6.45) is 0.324. The van der Waals surface area contributed by atoms with E-state index >= 15 is 0 Å². The third kappa shape index (κ3) is 7.98. The highest BCUT2D eigenvalue weighted by Gasteiger charge is 1.99. The third-order valence-electron chi connectivity index (χ3n) is 1.46. The average molecular weight is 175 g/mol. The molecule has 0 rings (SSSR count). The highest BCUT2D eigenvalue weighted by molar-refractivity contribution is 4.57. The van der Waals surface area contributed by atoms with Crippen LogP contribution in [0.4, 0.5) is 0 Å². The Bertz CT molecular complexity index is 96.5. The van der Waals surface area contributed by atoms with Crippen LogP contribution in [0.2, 0.25) is 0 Å². The first kappa shape index (κ1) is 11.9. The monoisotopic (exact) mass is 175 g/mol. The first-order chi connectivity index (χ1) is 5.66. The van der Waals surface area contributed by atoms with Gasteiger partial charge in [-0.1, -0.05) is 0 Å². The van der Waals surface area contributed by atoms with Gasteiger partial charge in [0.15, 0.2) is 0 Å². The number of nitrogens with one attached hydrogen (secondary N) is 1. The normalized spacial score (nSPS) is 13.8. The van der Waals surface area contributed by atoms with Gasteiger partial charge in [-0.2, -0.15) is 0 Å². The van der Waals surface area contributed by atoms with Crippen molar-refractivity contribution >= 4 is 0 Å². The highest BCUT2D eigenvalue weighted by atomic mass is 16.5. The maximum absolute atomic E-state index is 5.37. The predicted molar refractivity (Wildman–Crippen MR) is 50.4 cm³/mol. The average Bonchev–Trinajstić information content (AvgIpc) is 1.98. The summed E-state index contributed by atoms with van der Waals surface area (Å²) < 4.78 is 10.3. The third-order valence-corrected chi connectivity index (χ3v) is 1.46. The van der Waals surface area contributed by atoms with Crippen LogP contribution in [0.5, 0.6) is 0 Å². The van der Waals surface area contributed by atoms with Gasteiger partial charge in [-0.05, 0) is 20.8 Å². The Labute approximate surface area is 75.4 Å². The quantitative estimate of drug-likeness (QED) is 0.586. The molecule has 0 aliphatic heterocycles. The van der Waals surface area contributed by atoms with E-state index in [1.54, 1.807) is 7.11 Å². The molecule has 0 saturated carbocycles. The molecule has 0 spiro atoms. The Balaban J connectivity index is 3.08. The minimum Gasteiger partial charge on any atom is -0.383 e. The zero-order valence-corrected chi connectivity index (χ0v) is 8.59. The van der Waals surface area contributed by atoms with Gasteiger partial charge in [0.25, 0.3) is 0 Å². The van der Waals surface area contributed by atoms with Crippen molar-refractivity contribution in [1.82, 2.24) is 5.32 Å². The molecule has 0 aromatic heterocycles. The molecule has 0 aliphatic rings. The smallest absolute Gasteiger partial charge is 0.0613 e. The van der Waals surface area contributed by atoms with E-state index in [4.69, 9.17) is 9.47 Å². The Kier molecular flexibility index (Phi) is 7.45. The summed E-state index contributed by atoms with van der Waals surface area (Å²) in [7, 11) is 1.71. The van der Waals surface area contributed by atoms with Crippen molar-refractivity contribution in [3.05, 3.63) is 0 Å². The summed E-state index contributed by atoms with van der Waals surface area (Å²) in [5.74, 6) is 0. The first-order valence-electron chi connectivity index (χ1n) is 4.50. The Morgan fingerprint density at radius 2 is 1.92 bits per heavy atom. The molecular formula is C9H21NO2. The summed E-state index contributed by atoms with van der Waals surface area (Å²) in [5, 5.41) is 3.29. The van der Waals surface area contributed by atoms with E-state index in [1.807, 2.05) is 13.8 Å². The van der Waals surface area contributed by atoms with Crippen LogP contribution in [-0.4, -0.2) is 39.0 Å². The van der Waals surface area contributed by atoms with Gasteiger partial charge in [0.1, 0.15) is 0 Å². The van der Waals surface area contributed by atoms with E-state index in [1.165, 1.54) is 0 Å². The fraction of sp³-hybridized carbons (Fsp3) is 1.00. The van der Waals surface area contributed by atoms with E-state index in [0.29, 0.717) is 12.1 Å². The first-order valence-corrected chi connectivity index (χ1v) is 4.50. The summed E-state index contributed by atoms with van der Waals surface area (Å²) in [4.78, 5) is 0. The Morgan fingerprint density at radius 1 is 1.25 bits per heavy atom. The largest absolute Gasteiger partial charge is 0.383 e. The highest BCUT2D eigenvalue weighted by Crippen LogP contribution is 1.86. The maximum Gasteiger partial charge on any atom is 0.0613 e. The van der Waals surface area contributed by atoms with E-state index in [0.717, 1.165) is 19.8 Å². The zero-order chi connectivity index (χ0) is 9.40. The summed E-state index contributed by atoms with van der Waals surface area (Å²) in [6, 6.07) is 0.408. The molecule has 1 N–H and O–H groups in total. The molecule has 3 nitrogen and oxygen atoms in total. The Morgan fingerprint density at radius 3 is 2.42 bits per heavy atom. The van der Waals surface area contributed by atoms with Crippen molar-refractivity contribution in [2.75, 3.05) is 26.9 Å².